The number of rotatable bonds is 1. The Labute approximate surface area is 83.9 Å². The minimum atomic E-state index is -0.732. The molecular weight excluding hydrogens is 210 g/mol. The summed E-state index contributed by atoms with van der Waals surface area (Å²) in [5.74, 6) is -1.15. The summed E-state index contributed by atoms with van der Waals surface area (Å²) in [7, 11) is 0. The molecule has 0 N–H and O–H groups in total. The Morgan fingerprint density at radius 3 is 2.57 bits per heavy atom. The Balaban J connectivity index is 2.64. The van der Waals surface area contributed by atoms with Gasteiger partial charge in [-0.3, -0.25) is 0 Å². The van der Waals surface area contributed by atoms with E-state index in [9.17, 15) is 8.78 Å². The smallest absolute Gasteiger partial charge is 0.138 e. The average molecular weight is 215 g/mol. The zero-order chi connectivity index (χ0) is 10.1. The van der Waals surface area contributed by atoms with Crippen molar-refractivity contribution in [2.24, 2.45) is 0 Å². The lowest BCUT2D eigenvalue weighted by Crippen LogP contribution is -1.86. The second kappa shape index (κ2) is 3.42. The van der Waals surface area contributed by atoms with Crippen molar-refractivity contribution in [2.75, 3.05) is 0 Å². The summed E-state index contributed by atoms with van der Waals surface area (Å²) in [6.07, 6.45) is 1.40. The highest BCUT2D eigenvalue weighted by Crippen LogP contribution is 2.31. The molecule has 0 spiro atoms. The largest absolute Gasteiger partial charge is 0.464 e. The minimum Gasteiger partial charge on any atom is -0.464 e. The van der Waals surface area contributed by atoms with Crippen molar-refractivity contribution in [3.63, 3.8) is 0 Å². The summed E-state index contributed by atoms with van der Waals surface area (Å²) < 4.78 is 31.0. The summed E-state index contributed by atoms with van der Waals surface area (Å²) in [4.78, 5) is 0. The van der Waals surface area contributed by atoms with Crippen molar-refractivity contribution >= 4 is 11.6 Å². The molecule has 2 rings (SSSR count). The van der Waals surface area contributed by atoms with Gasteiger partial charge in [-0.05, 0) is 18.2 Å². The molecule has 14 heavy (non-hydrogen) atoms. The molecule has 4 heteroatoms. The molecule has 1 aromatic carbocycles. The maximum absolute atomic E-state index is 13.3. The Morgan fingerprint density at radius 2 is 2.00 bits per heavy atom. The van der Waals surface area contributed by atoms with Gasteiger partial charge in [0.05, 0.1) is 16.8 Å². The van der Waals surface area contributed by atoms with Gasteiger partial charge in [0.1, 0.15) is 17.4 Å². The van der Waals surface area contributed by atoms with E-state index in [0.717, 1.165) is 12.1 Å². The maximum atomic E-state index is 13.3. The van der Waals surface area contributed by atoms with Crippen molar-refractivity contribution in [3.8, 4) is 11.3 Å². The Kier molecular flexibility index (Phi) is 2.25. The molecule has 2 aromatic rings. The molecule has 0 aliphatic heterocycles. The normalized spacial score (nSPS) is 10.5. The summed E-state index contributed by atoms with van der Waals surface area (Å²) in [5.41, 5.74) is 0.0815. The maximum Gasteiger partial charge on any atom is 0.138 e. The van der Waals surface area contributed by atoms with Crippen LogP contribution in [0, 0.1) is 11.6 Å². The monoisotopic (exact) mass is 214 g/mol. The van der Waals surface area contributed by atoms with Gasteiger partial charge in [-0.15, -0.1) is 0 Å². The molecule has 0 bridgehead atoms. The predicted octanol–water partition coefficient (Wildman–Crippen LogP) is 3.88. The third-order valence-electron chi connectivity index (χ3n) is 1.77. The highest BCUT2D eigenvalue weighted by Gasteiger charge is 2.13. The summed E-state index contributed by atoms with van der Waals surface area (Å²) in [6.45, 7) is 0. The third-order valence-corrected chi connectivity index (χ3v) is 2.07. The van der Waals surface area contributed by atoms with E-state index in [1.165, 1.54) is 6.26 Å². The quantitative estimate of drug-likeness (QED) is 0.702. The first-order valence-corrected chi connectivity index (χ1v) is 4.24. The lowest BCUT2D eigenvalue weighted by atomic mass is 10.1. The van der Waals surface area contributed by atoms with Crippen molar-refractivity contribution in [1.82, 2.24) is 0 Å². The van der Waals surface area contributed by atoms with Crippen LogP contribution >= 0.6 is 11.6 Å². The highest BCUT2D eigenvalue weighted by molar-refractivity contribution is 6.33. The van der Waals surface area contributed by atoms with Gasteiger partial charge < -0.3 is 4.42 Å². The number of halogens is 3. The topological polar surface area (TPSA) is 13.1 Å². The first kappa shape index (κ1) is 9.21. The molecule has 0 fully saturated rings. The molecule has 0 aliphatic carbocycles. The highest BCUT2D eigenvalue weighted by atomic mass is 35.5. The van der Waals surface area contributed by atoms with Gasteiger partial charge >= 0.3 is 0 Å². The summed E-state index contributed by atoms with van der Waals surface area (Å²) >= 11 is 5.69. The Bertz CT molecular complexity index is 428. The average Bonchev–Trinajstić information content (AvgIpc) is 2.54. The van der Waals surface area contributed by atoms with E-state index >= 15 is 0 Å². The molecule has 1 heterocycles. The van der Waals surface area contributed by atoms with Gasteiger partial charge in [0.25, 0.3) is 0 Å². The van der Waals surface area contributed by atoms with Crippen LogP contribution in [0.3, 0.4) is 0 Å². The molecule has 0 amide bonds. The molecule has 1 nitrogen and oxygen atoms in total. The molecule has 0 saturated heterocycles. The van der Waals surface area contributed by atoms with Gasteiger partial charge in [0, 0.05) is 6.07 Å². The van der Waals surface area contributed by atoms with Crippen molar-refractivity contribution in [3.05, 3.63) is 47.2 Å². The fraction of sp³-hybridized carbons (Fsp3) is 0. The van der Waals surface area contributed by atoms with Gasteiger partial charge in [0.15, 0.2) is 0 Å². The number of hydrogen-bond donors (Lipinski definition) is 0. The second-order valence-corrected chi connectivity index (χ2v) is 3.13. The lowest BCUT2D eigenvalue weighted by molar-refractivity contribution is 0.560. The molecule has 0 radical (unpaired) electrons. The fourth-order valence-corrected chi connectivity index (χ4v) is 1.49. The number of hydrogen-bond acceptors (Lipinski definition) is 1. The molecule has 72 valence electrons. The van der Waals surface area contributed by atoms with Gasteiger partial charge in [-0.25, -0.2) is 8.78 Å². The van der Waals surface area contributed by atoms with Crippen molar-refractivity contribution in [1.29, 1.82) is 0 Å². The first-order chi connectivity index (χ1) is 6.68. The van der Waals surface area contributed by atoms with E-state index in [-0.39, 0.29) is 16.3 Å². The van der Waals surface area contributed by atoms with E-state index < -0.39 is 11.6 Å². The van der Waals surface area contributed by atoms with E-state index in [0.29, 0.717) is 0 Å². The number of furan rings is 1. The molecule has 0 unspecified atom stereocenters. The minimum absolute atomic E-state index is 0.00236. The lowest BCUT2D eigenvalue weighted by Gasteiger charge is -2.02. The van der Waals surface area contributed by atoms with Crippen LogP contribution in [0.4, 0.5) is 8.78 Å². The van der Waals surface area contributed by atoms with Crippen molar-refractivity contribution < 1.29 is 13.2 Å². The molecule has 0 atom stereocenters. The SMILES string of the molecule is Fc1cc(F)c(-c2ccco2)c(Cl)c1. The predicted molar refractivity (Wildman–Crippen MR) is 49.1 cm³/mol. The van der Waals surface area contributed by atoms with Gasteiger partial charge in [0.2, 0.25) is 0 Å². The van der Waals surface area contributed by atoms with Crippen LogP contribution in [0.5, 0.6) is 0 Å². The molecular formula is C10H5ClF2O. The zero-order valence-corrected chi connectivity index (χ0v) is 7.68. The van der Waals surface area contributed by atoms with Crippen LogP contribution in [0.1, 0.15) is 0 Å². The Hall–Kier alpha value is -1.35. The fourth-order valence-electron chi connectivity index (χ4n) is 1.20. The van der Waals surface area contributed by atoms with Crippen LogP contribution in [0.2, 0.25) is 5.02 Å². The van der Waals surface area contributed by atoms with E-state index in [4.69, 9.17) is 16.0 Å². The molecule has 1 aromatic heterocycles. The summed E-state index contributed by atoms with van der Waals surface area (Å²) in [6, 6.07) is 4.98. The van der Waals surface area contributed by atoms with E-state index in [2.05, 4.69) is 0 Å². The molecule has 0 saturated carbocycles. The van der Waals surface area contributed by atoms with Crippen LogP contribution in [0.25, 0.3) is 11.3 Å². The second-order valence-electron chi connectivity index (χ2n) is 2.72. The summed E-state index contributed by atoms with van der Waals surface area (Å²) in [5, 5.41) is -0.00236. The number of benzene rings is 1. The van der Waals surface area contributed by atoms with Gasteiger partial charge in [-0.2, -0.15) is 0 Å². The third kappa shape index (κ3) is 1.51. The van der Waals surface area contributed by atoms with Crippen LogP contribution in [0.15, 0.2) is 34.9 Å². The van der Waals surface area contributed by atoms with Crippen molar-refractivity contribution in [2.45, 2.75) is 0 Å². The van der Waals surface area contributed by atoms with Gasteiger partial charge in [-0.1, -0.05) is 11.6 Å². The van der Waals surface area contributed by atoms with Crippen LogP contribution in [-0.2, 0) is 0 Å². The first-order valence-electron chi connectivity index (χ1n) is 3.87. The van der Waals surface area contributed by atoms with E-state index in [1.807, 2.05) is 0 Å². The standard InChI is InChI=1S/C10H5ClF2O/c11-7-4-6(12)5-8(13)10(7)9-2-1-3-14-9/h1-5H. The Morgan fingerprint density at radius 1 is 1.21 bits per heavy atom. The van der Waals surface area contributed by atoms with E-state index in [1.54, 1.807) is 12.1 Å². The van der Waals surface area contributed by atoms with Crippen LogP contribution < -0.4 is 0 Å². The molecule has 0 aliphatic rings. The zero-order valence-electron chi connectivity index (χ0n) is 6.93. The van der Waals surface area contributed by atoms with Crippen LogP contribution in [-0.4, -0.2) is 0 Å².